The Balaban J connectivity index is 1.98. The Morgan fingerprint density at radius 1 is 1.08 bits per heavy atom. The van der Waals surface area contributed by atoms with Crippen LogP contribution in [0.5, 0.6) is 5.75 Å². The molecule has 0 aliphatic heterocycles. The topological polar surface area (TPSA) is 81.6 Å². The molecule has 0 radical (unpaired) electrons. The summed E-state index contributed by atoms with van der Waals surface area (Å²) in [5.41, 5.74) is 13.1. The lowest BCUT2D eigenvalue weighted by molar-refractivity contribution is -0.119. The predicted molar refractivity (Wildman–Crippen MR) is 95.8 cm³/mol. The van der Waals surface area contributed by atoms with Crippen molar-refractivity contribution in [2.45, 2.75) is 13.1 Å². The number of nitrogens with two attached hydrogens (primary N) is 2. The molecule has 0 saturated heterocycles. The van der Waals surface area contributed by atoms with E-state index in [0.717, 1.165) is 35.8 Å². The van der Waals surface area contributed by atoms with Gasteiger partial charge >= 0.3 is 0 Å². The molecule has 0 aliphatic rings. The Bertz CT molecular complexity index is 662. The van der Waals surface area contributed by atoms with Crippen molar-refractivity contribution in [2.75, 3.05) is 19.7 Å². The van der Waals surface area contributed by atoms with Gasteiger partial charge in [0.2, 0.25) is 0 Å². The van der Waals surface area contributed by atoms with E-state index in [2.05, 4.69) is 11.0 Å². The molecule has 0 aromatic heterocycles. The second-order valence-corrected chi connectivity index (χ2v) is 5.96. The van der Waals surface area contributed by atoms with Gasteiger partial charge in [0, 0.05) is 31.2 Å². The second kappa shape index (κ2) is 9.27. The highest BCUT2D eigenvalue weighted by atomic mass is 35.5. The molecular weight excluding hydrogens is 326 g/mol. The van der Waals surface area contributed by atoms with Crippen LogP contribution in [0.15, 0.2) is 48.5 Å². The van der Waals surface area contributed by atoms with Crippen molar-refractivity contribution < 1.29 is 9.53 Å². The van der Waals surface area contributed by atoms with Crippen molar-refractivity contribution in [3.05, 3.63) is 64.7 Å². The predicted octanol–water partition coefficient (Wildman–Crippen LogP) is 2.17. The van der Waals surface area contributed by atoms with Gasteiger partial charge in [-0.1, -0.05) is 35.9 Å². The fourth-order valence-electron chi connectivity index (χ4n) is 2.39. The molecule has 0 aliphatic carbocycles. The Morgan fingerprint density at radius 3 is 2.42 bits per heavy atom. The number of nitrogens with zero attached hydrogens (tertiary/aromatic N) is 1. The fourth-order valence-corrected chi connectivity index (χ4v) is 2.61. The van der Waals surface area contributed by atoms with E-state index in [9.17, 15) is 4.79 Å². The highest BCUT2D eigenvalue weighted by Gasteiger charge is 2.07. The monoisotopic (exact) mass is 347 g/mol. The summed E-state index contributed by atoms with van der Waals surface area (Å²) in [5, 5.41) is 0.733. The second-order valence-electron chi connectivity index (χ2n) is 5.53. The molecule has 0 saturated carbocycles. The van der Waals surface area contributed by atoms with Crippen molar-refractivity contribution in [1.82, 2.24) is 4.90 Å². The van der Waals surface area contributed by atoms with Crippen molar-refractivity contribution in [3.8, 4) is 5.75 Å². The third-order valence-corrected chi connectivity index (χ3v) is 3.69. The summed E-state index contributed by atoms with van der Waals surface area (Å²) in [6.07, 6.45) is 0. The molecule has 2 aromatic rings. The van der Waals surface area contributed by atoms with E-state index in [0.29, 0.717) is 12.3 Å². The Labute approximate surface area is 147 Å². The number of carbonyl (C=O) groups excluding carboxylic acids is 1. The van der Waals surface area contributed by atoms with Gasteiger partial charge in [-0.05, 0) is 35.4 Å². The van der Waals surface area contributed by atoms with Gasteiger partial charge in [-0.15, -0.1) is 0 Å². The van der Waals surface area contributed by atoms with Gasteiger partial charge in [0.05, 0.1) is 0 Å². The first kappa shape index (κ1) is 18.3. The Hall–Kier alpha value is -2.08. The average Bonchev–Trinajstić information content (AvgIpc) is 2.54. The molecule has 1 amide bonds. The normalized spacial score (nSPS) is 10.8. The lowest BCUT2D eigenvalue weighted by atomic mass is 10.1. The molecule has 2 rings (SSSR count). The van der Waals surface area contributed by atoms with Crippen molar-refractivity contribution in [2.24, 2.45) is 11.5 Å². The minimum absolute atomic E-state index is 0.118. The van der Waals surface area contributed by atoms with Gasteiger partial charge in [0.25, 0.3) is 5.91 Å². The number of primary amides is 1. The van der Waals surface area contributed by atoms with Crippen LogP contribution in [0.1, 0.15) is 11.1 Å². The zero-order chi connectivity index (χ0) is 17.4. The summed E-state index contributed by atoms with van der Waals surface area (Å²) in [4.78, 5) is 13.0. The van der Waals surface area contributed by atoms with Gasteiger partial charge in [-0.25, -0.2) is 0 Å². The number of carbonyl (C=O) groups is 1. The standard InChI is InChI=1S/C18H22ClN3O2/c19-16-3-1-2-15(10-16)12-22(9-8-20)11-14-4-6-17(7-5-14)24-13-18(21)23/h1-7,10H,8-9,11-13,20H2,(H2,21,23). The SMILES string of the molecule is NCCN(Cc1ccc(OCC(N)=O)cc1)Cc1cccc(Cl)c1. The van der Waals surface area contributed by atoms with E-state index in [1.807, 2.05) is 42.5 Å². The number of benzene rings is 2. The van der Waals surface area contributed by atoms with Crippen molar-refractivity contribution in [3.63, 3.8) is 0 Å². The summed E-state index contributed by atoms with van der Waals surface area (Å²) in [6, 6.07) is 15.4. The van der Waals surface area contributed by atoms with Gasteiger partial charge in [0.1, 0.15) is 5.75 Å². The lowest BCUT2D eigenvalue weighted by Crippen LogP contribution is -2.28. The highest BCUT2D eigenvalue weighted by molar-refractivity contribution is 6.30. The van der Waals surface area contributed by atoms with E-state index in [-0.39, 0.29) is 6.61 Å². The van der Waals surface area contributed by atoms with Crippen molar-refractivity contribution in [1.29, 1.82) is 0 Å². The van der Waals surface area contributed by atoms with E-state index < -0.39 is 5.91 Å². The van der Waals surface area contributed by atoms with Crippen LogP contribution >= 0.6 is 11.6 Å². The molecule has 6 heteroatoms. The van der Waals surface area contributed by atoms with Crippen LogP contribution in [0.4, 0.5) is 0 Å². The highest BCUT2D eigenvalue weighted by Crippen LogP contribution is 2.16. The van der Waals surface area contributed by atoms with Gasteiger partial charge < -0.3 is 16.2 Å². The zero-order valence-electron chi connectivity index (χ0n) is 13.5. The minimum Gasteiger partial charge on any atom is -0.484 e. The first-order chi connectivity index (χ1) is 11.6. The fraction of sp³-hybridized carbons (Fsp3) is 0.278. The van der Waals surface area contributed by atoms with Crippen LogP contribution in [0.2, 0.25) is 5.02 Å². The average molecular weight is 348 g/mol. The van der Waals surface area contributed by atoms with Crippen LogP contribution in [0, 0.1) is 0 Å². The minimum atomic E-state index is -0.491. The van der Waals surface area contributed by atoms with Crippen LogP contribution in [0.3, 0.4) is 0 Å². The first-order valence-electron chi connectivity index (χ1n) is 7.73. The maximum atomic E-state index is 10.7. The molecule has 2 aromatic carbocycles. The van der Waals surface area contributed by atoms with Gasteiger partial charge in [0.15, 0.2) is 6.61 Å². The summed E-state index contributed by atoms with van der Waals surface area (Å²) in [7, 11) is 0. The lowest BCUT2D eigenvalue weighted by Gasteiger charge is -2.22. The van der Waals surface area contributed by atoms with Crippen LogP contribution in [-0.4, -0.2) is 30.5 Å². The molecule has 0 unspecified atom stereocenters. The first-order valence-corrected chi connectivity index (χ1v) is 8.11. The third kappa shape index (κ3) is 6.20. The molecule has 0 heterocycles. The Kier molecular flexibility index (Phi) is 7.06. The van der Waals surface area contributed by atoms with E-state index >= 15 is 0 Å². The number of halogens is 1. The molecular formula is C18H22ClN3O2. The molecule has 24 heavy (non-hydrogen) atoms. The summed E-state index contributed by atoms with van der Waals surface area (Å²) >= 11 is 6.04. The zero-order valence-corrected chi connectivity index (χ0v) is 14.2. The number of amides is 1. The van der Waals surface area contributed by atoms with Crippen LogP contribution in [0.25, 0.3) is 0 Å². The molecule has 0 fully saturated rings. The molecule has 128 valence electrons. The summed E-state index contributed by atoms with van der Waals surface area (Å²) in [6.45, 7) is 2.79. The molecule has 0 spiro atoms. The number of ether oxygens (including phenoxy) is 1. The summed E-state index contributed by atoms with van der Waals surface area (Å²) in [5.74, 6) is 0.132. The Morgan fingerprint density at radius 2 is 1.79 bits per heavy atom. The maximum Gasteiger partial charge on any atom is 0.255 e. The van der Waals surface area contributed by atoms with Gasteiger partial charge in [-0.3, -0.25) is 9.69 Å². The van der Waals surface area contributed by atoms with E-state index in [1.54, 1.807) is 0 Å². The van der Waals surface area contributed by atoms with Gasteiger partial charge in [-0.2, -0.15) is 0 Å². The largest absolute Gasteiger partial charge is 0.484 e. The van der Waals surface area contributed by atoms with Crippen molar-refractivity contribution >= 4 is 17.5 Å². The third-order valence-electron chi connectivity index (χ3n) is 3.45. The van der Waals surface area contributed by atoms with Crippen LogP contribution in [-0.2, 0) is 17.9 Å². The quantitative estimate of drug-likeness (QED) is 0.728. The molecule has 5 nitrogen and oxygen atoms in total. The molecule has 4 N–H and O–H groups in total. The maximum absolute atomic E-state index is 10.7. The van der Waals surface area contributed by atoms with E-state index in [1.165, 1.54) is 0 Å². The number of rotatable bonds is 9. The molecule has 0 bridgehead atoms. The number of hydrogen-bond acceptors (Lipinski definition) is 4. The smallest absolute Gasteiger partial charge is 0.255 e. The summed E-state index contributed by atoms with van der Waals surface area (Å²) < 4.78 is 5.26. The number of hydrogen-bond donors (Lipinski definition) is 2. The van der Waals surface area contributed by atoms with E-state index in [4.69, 9.17) is 27.8 Å². The van der Waals surface area contributed by atoms with Crippen LogP contribution < -0.4 is 16.2 Å². The molecule has 0 atom stereocenters.